The molecule has 1 aliphatic carbocycles. The number of nitrogens with one attached hydrogen (secondary N) is 1. The van der Waals surface area contributed by atoms with Crippen LogP contribution in [0.15, 0.2) is 60.7 Å². The van der Waals surface area contributed by atoms with Gasteiger partial charge in [0.1, 0.15) is 5.75 Å². The Morgan fingerprint density at radius 1 is 1.00 bits per heavy atom. The van der Waals surface area contributed by atoms with E-state index >= 15 is 0 Å². The van der Waals surface area contributed by atoms with Crippen LogP contribution in [0.3, 0.4) is 0 Å². The van der Waals surface area contributed by atoms with Crippen molar-refractivity contribution < 1.29 is 14.3 Å². The fraction of sp³-hybridized carbons (Fsp3) is 0.391. The summed E-state index contributed by atoms with van der Waals surface area (Å²) >= 11 is 0. The number of carbonyl (C=O) groups is 2. The number of ether oxygens (including phenoxy) is 1. The number of nitrogens with zero attached hydrogens (tertiary/aromatic N) is 1. The van der Waals surface area contributed by atoms with Crippen molar-refractivity contribution in [3.05, 3.63) is 66.2 Å². The van der Waals surface area contributed by atoms with Crippen molar-refractivity contribution in [2.75, 3.05) is 19.7 Å². The summed E-state index contributed by atoms with van der Waals surface area (Å²) in [5.41, 5.74) is 1.21. The Labute approximate surface area is 165 Å². The quantitative estimate of drug-likeness (QED) is 0.841. The second-order valence-corrected chi connectivity index (χ2v) is 7.80. The van der Waals surface area contributed by atoms with E-state index in [0.717, 1.165) is 24.8 Å². The SMILES string of the molecule is O=C(NCc1ccccc1)[C@H]1CC12CCN(C(=O)COc1ccccc1)CC2. The van der Waals surface area contributed by atoms with Crippen LogP contribution >= 0.6 is 0 Å². The number of para-hydroxylation sites is 1. The molecule has 0 radical (unpaired) electrons. The Hall–Kier alpha value is -2.82. The smallest absolute Gasteiger partial charge is 0.260 e. The van der Waals surface area contributed by atoms with E-state index in [1.807, 2.05) is 65.6 Å². The van der Waals surface area contributed by atoms with Gasteiger partial charge < -0.3 is 15.0 Å². The minimum Gasteiger partial charge on any atom is -0.484 e. The van der Waals surface area contributed by atoms with Crippen molar-refractivity contribution in [3.8, 4) is 5.75 Å². The van der Waals surface area contributed by atoms with Crippen molar-refractivity contribution in [2.24, 2.45) is 11.3 Å². The molecule has 28 heavy (non-hydrogen) atoms. The molecule has 2 amide bonds. The number of hydrogen-bond acceptors (Lipinski definition) is 3. The molecule has 2 aliphatic rings. The molecule has 1 saturated heterocycles. The van der Waals surface area contributed by atoms with Crippen LogP contribution in [0.4, 0.5) is 0 Å². The average molecular weight is 378 g/mol. The van der Waals surface area contributed by atoms with Crippen LogP contribution in [0.5, 0.6) is 5.75 Å². The summed E-state index contributed by atoms with van der Waals surface area (Å²) in [5.74, 6) is 0.969. The third-order valence-electron chi connectivity index (χ3n) is 6.03. The normalized spacial score (nSPS) is 19.9. The molecule has 0 bridgehead atoms. The largest absolute Gasteiger partial charge is 0.484 e. The standard InChI is InChI=1S/C23H26N2O3/c26-21(17-28-19-9-5-2-6-10-19)25-13-11-23(12-14-25)15-20(23)22(27)24-16-18-7-3-1-4-8-18/h1-10,20H,11-17H2,(H,24,27)/t20-/m1/s1. The van der Waals surface area contributed by atoms with Crippen LogP contribution in [0, 0.1) is 11.3 Å². The molecule has 1 atom stereocenters. The zero-order chi connectivity index (χ0) is 19.4. The van der Waals surface area contributed by atoms with E-state index in [1.165, 1.54) is 0 Å². The van der Waals surface area contributed by atoms with Crippen LogP contribution in [0.2, 0.25) is 0 Å². The number of amides is 2. The molecule has 0 aromatic heterocycles. The second-order valence-electron chi connectivity index (χ2n) is 7.80. The molecular formula is C23H26N2O3. The van der Waals surface area contributed by atoms with Crippen LogP contribution in [0.1, 0.15) is 24.8 Å². The van der Waals surface area contributed by atoms with Gasteiger partial charge in [-0.15, -0.1) is 0 Å². The summed E-state index contributed by atoms with van der Waals surface area (Å²) in [4.78, 5) is 26.8. The first-order valence-corrected chi connectivity index (χ1v) is 9.94. The van der Waals surface area contributed by atoms with E-state index in [-0.39, 0.29) is 29.8 Å². The second kappa shape index (κ2) is 8.05. The maximum absolute atomic E-state index is 12.5. The maximum atomic E-state index is 12.5. The van der Waals surface area contributed by atoms with E-state index in [9.17, 15) is 9.59 Å². The maximum Gasteiger partial charge on any atom is 0.260 e. The zero-order valence-corrected chi connectivity index (χ0v) is 16.0. The monoisotopic (exact) mass is 378 g/mol. The number of piperidine rings is 1. The molecular weight excluding hydrogens is 352 g/mol. The average Bonchev–Trinajstić information content (AvgIpc) is 3.45. The van der Waals surface area contributed by atoms with Crippen molar-refractivity contribution in [2.45, 2.75) is 25.8 Å². The highest BCUT2D eigenvalue weighted by Crippen LogP contribution is 2.59. The van der Waals surface area contributed by atoms with Crippen LogP contribution < -0.4 is 10.1 Å². The highest BCUT2D eigenvalue weighted by molar-refractivity contribution is 5.83. The van der Waals surface area contributed by atoms with Crippen LogP contribution in [-0.4, -0.2) is 36.4 Å². The van der Waals surface area contributed by atoms with Gasteiger partial charge in [0.05, 0.1) is 0 Å². The zero-order valence-electron chi connectivity index (χ0n) is 16.0. The summed E-state index contributed by atoms with van der Waals surface area (Å²) in [6.45, 7) is 2.06. The van der Waals surface area contributed by atoms with Crippen molar-refractivity contribution in [1.82, 2.24) is 10.2 Å². The molecule has 5 heteroatoms. The summed E-state index contributed by atoms with van der Waals surface area (Å²) in [5, 5.41) is 3.07. The van der Waals surface area contributed by atoms with Gasteiger partial charge in [-0.3, -0.25) is 9.59 Å². The molecule has 1 N–H and O–H groups in total. The van der Waals surface area contributed by atoms with Crippen molar-refractivity contribution in [3.63, 3.8) is 0 Å². The van der Waals surface area contributed by atoms with Gasteiger partial charge in [0.25, 0.3) is 5.91 Å². The molecule has 1 heterocycles. The lowest BCUT2D eigenvalue weighted by molar-refractivity contribution is -0.135. The van der Waals surface area contributed by atoms with Gasteiger partial charge in [0, 0.05) is 25.6 Å². The lowest BCUT2D eigenvalue weighted by Gasteiger charge is -2.32. The van der Waals surface area contributed by atoms with E-state index in [4.69, 9.17) is 4.74 Å². The topological polar surface area (TPSA) is 58.6 Å². The Balaban J connectivity index is 1.21. The molecule has 1 saturated carbocycles. The van der Waals surface area contributed by atoms with Crippen molar-refractivity contribution in [1.29, 1.82) is 0 Å². The highest BCUT2D eigenvalue weighted by atomic mass is 16.5. The van der Waals surface area contributed by atoms with Gasteiger partial charge in [-0.2, -0.15) is 0 Å². The van der Waals surface area contributed by atoms with E-state index < -0.39 is 0 Å². The predicted molar refractivity (Wildman–Crippen MR) is 107 cm³/mol. The molecule has 4 rings (SSSR count). The summed E-state index contributed by atoms with van der Waals surface area (Å²) < 4.78 is 5.57. The Morgan fingerprint density at radius 3 is 2.32 bits per heavy atom. The van der Waals surface area contributed by atoms with Gasteiger partial charge in [0.15, 0.2) is 6.61 Å². The molecule has 5 nitrogen and oxygen atoms in total. The first-order chi connectivity index (χ1) is 13.7. The highest BCUT2D eigenvalue weighted by Gasteiger charge is 2.58. The Bertz CT molecular complexity index is 814. The van der Waals surface area contributed by atoms with Gasteiger partial charge in [0.2, 0.25) is 5.91 Å². The molecule has 2 aromatic carbocycles. The molecule has 0 unspecified atom stereocenters. The minimum atomic E-state index is 0.0180. The van der Waals surface area contributed by atoms with Gasteiger partial charge >= 0.3 is 0 Å². The molecule has 1 aliphatic heterocycles. The lowest BCUT2D eigenvalue weighted by Crippen LogP contribution is -2.42. The fourth-order valence-corrected chi connectivity index (χ4v) is 4.13. The summed E-state index contributed by atoms with van der Waals surface area (Å²) in [7, 11) is 0. The first kappa shape index (κ1) is 18.5. The van der Waals surface area contributed by atoms with E-state index in [2.05, 4.69) is 5.32 Å². The number of rotatable bonds is 6. The number of hydrogen-bond donors (Lipinski definition) is 1. The number of likely N-dealkylation sites (tertiary alicyclic amines) is 1. The van der Waals surface area contributed by atoms with Gasteiger partial charge in [-0.25, -0.2) is 0 Å². The molecule has 2 aromatic rings. The number of benzene rings is 2. The summed E-state index contributed by atoms with van der Waals surface area (Å²) in [6, 6.07) is 19.4. The summed E-state index contributed by atoms with van der Waals surface area (Å²) in [6.07, 6.45) is 2.73. The third-order valence-corrected chi connectivity index (χ3v) is 6.03. The third kappa shape index (κ3) is 4.19. The van der Waals surface area contributed by atoms with Crippen LogP contribution in [0.25, 0.3) is 0 Å². The fourth-order valence-electron chi connectivity index (χ4n) is 4.13. The van der Waals surface area contributed by atoms with Gasteiger partial charge in [-0.1, -0.05) is 48.5 Å². The molecule has 1 spiro atoms. The van der Waals surface area contributed by atoms with Crippen molar-refractivity contribution >= 4 is 11.8 Å². The number of carbonyl (C=O) groups excluding carboxylic acids is 2. The van der Waals surface area contributed by atoms with E-state index in [1.54, 1.807) is 0 Å². The minimum absolute atomic E-state index is 0.0180. The molecule has 146 valence electrons. The van der Waals surface area contributed by atoms with E-state index in [0.29, 0.717) is 25.4 Å². The molecule has 2 fully saturated rings. The van der Waals surface area contributed by atoms with Gasteiger partial charge in [-0.05, 0) is 42.4 Å². The lowest BCUT2D eigenvalue weighted by atomic mass is 9.90. The Kier molecular flexibility index (Phi) is 5.33. The Morgan fingerprint density at radius 2 is 1.64 bits per heavy atom. The van der Waals surface area contributed by atoms with Crippen LogP contribution in [-0.2, 0) is 16.1 Å². The predicted octanol–water partition coefficient (Wildman–Crippen LogP) is 3.01. The first-order valence-electron chi connectivity index (χ1n) is 9.94.